The largest absolute Gasteiger partial charge is 0.486 e. The summed E-state index contributed by atoms with van der Waals surface area (Å²) in [5.41, 5.74) is 2.78. The first-order valence-corrected chi connectivity index (χ1v) is 11.7. The van der Waals surface area contributed by atoms with Crippen LogP contribution in [0.3, 0.4) is 0 Å². The Bertz CT molecular complexity index is 1170. The van der Waals surface area contributed by atoms with Gasteiger partial charge in [0.15, 0.2) is 11.0 Å². The van der Waals surface area contributed by atoms with Crippen molar-refractivity contribution in [2.45, 2.75) is 38.1 Å². The molecule has 4 rings (SSSR count). The van der Waals surface area contributed by atoms with Gasteiger partial charge in [0, 0.05) is 23.9 Å². The predicted octanol–water partition coefficient (Wildman–Crippen LogP) is 2.92. The molecule has 9 heteroatoms. The van der Waals surface area contributed by atoms with E-state index < -0.39 is 0 Å². The summed E-state index contributed by atoms with van der Waals surface area (Å²) >= 11 is 1.61. The lowest BCUT2D eigenvalue weighted by Gasteiger charge is -2.11. The van der Waals surface area contributed by atoms with Gasteiger partial charge in [0.2, 0.25) is 5.91 Å². The Kier molecular flexibility index (Phi) is 7.60. The van der Waals surface area contributed by atoms with Crippen molar-refractivity contribution in [1.29, 1.82) is 0 Å². The van der Waals surface area contributed by atoms with E-state index in [0.29, 0.717) is 24.9 Å². The van der Waals surface area contributed by atoms with Crippen molar-refractivity contribution >= 4 is 17.7 Å². The Morgan fingerprint density at radius 1 is 1.36 bits per heavy atom. The highest BCUT2D eigenvalue weighted by Crippen LogP contribution is 2.26. The van der Waals surface area contributed by atoms with Gasteiger partial charge in [0.05, 0.1) is 31.1 Å². The Labute approximate surface area is 197 Å². The second-order valence-corrected chi connectivity index (χ2v) is 8.40. The maximum Gasteiger partial charge on any atom is 0.220 e. The standard InChI is InChI=1S/C24H25N5O3S/c1-3-23(30)26-11-4-6-18-8-9-20(12-17(18)2)32-15-22-27-28-24(33-16-21-14-31-21)29(22)19-7-5-10-25-13-19/h5,7-10,12-13,21H,3,11,14-16H2,1-2H3,(H,26,30). The lowest BCUT2D eigenvalue weighted by atomic mass is 10.1. The number of rotatable bonds is 9. The Hall–Kier alpha value is -3.35. The van der Waals surface area contributed by atoms with Gasteiger partial charge in [0.1, 0.15) is 12.4 Å². The highest BCUT2D eigenvalue weighted by Gasteiger charge is 2.24. The predicted molar refractivity (Wildman–Crippen MR) is 125 cm³/mol. The van der Waals surface area contributed by atoms with Gasteiger partial charge in [-0.3, -0.25) is 14.3 Å². The molecule has 170 valence electrons. The van der Waals surface area contributed by atoms with Gasteiger partial charge in [0.25, 0.3) is 0 Å². The zero-order valence-corrected chi connectivity index (χ0v) is 19.4. The molecule has 1 atom stereocenters. The number of nitrogens with one attached hydrogen (secondary N) is 1. The number of thioether (sulfide) groups is 1. The molecule has 0 radical (unpaired) electrons. The van der Waals surface area contributed by atoms with E-state index in [1.54, 1.807) is 24.2 Å². The highest BCUT2D eigenvalue weighted by atomic mass is 32.2. The molecule has 1 aromatic carbocycles. The highest BCUT2D eigenvalue weighted by molar-refractivity contribution is 7.99. The molecule has 1 unspecified atom stereocenters. The van der Waals surface area contributed by atoms with Crippen molar-refractivity contribution in [3.05, 3.63) is 59.7 Å². The SMILES string of the molecule is CCC(=O)NCC#Cc1ccc(OCc2nnc(SCC3CO3)n2-c2cccnc2)cc1C. The van der Waals surface area contributed by atoms with Gasteiger partial charge in [-0.25, -0.2) is 0 Å². The molecule has 1 fully saturated rings. The number of aromatic nitrogens is 4. The van der Waals surface area contributed by atoms with Crippen molar-refractivity contribution in [1.82, 2.24) is 25.1 Å². The van der Waals surface area contributed by atoms with E-state index in [1.165, 1.54) is 0 Å². The van der Waals surface area contributed by atoms with Gasteiger partial charge in [-0.15, -0.1) is 10.2 Å². The fourth-order valence-electron chi connectivity index (χ4n) is 2.99. The van der Waals surface area contributed by atoms with Crippen LogP contribution in [0.2, 0.25) is 0 Å². The Balaban J connectivity index is 1.44. The fraction of sp³-hybridized carbons (Fsp3) is 0.333. The molecule has 33 heavy (non-hydrogen) atoms. The van der Waals surface area contributed by atoms with Gasteiger partial charge >= 0.3 is 0 Å². The third kappa shape index (κ3) is 6.34. The molecule has 3 aromatic rings. The second kappa shape index (κ2) is 11.0. The number of epoxide rings is 1. The van der Waals surface area contributed by atoms with Gasteiger partial charge in [-0.2, -0.15) is 0 Å². The number of ether oxygens (including phenoxy) is 2. The van der Waals surface area contributed by atoms with Crippen LogP contribution in [0.4, 0.5) is 0 Å². The third-order valence-electron chi connectivity index (χ3n) is 4.89. The van der Waals surface area contributed by atoms with Crippen LogP contribution < -0.4 is 10.1 Å². The number of pyridine rings is 1. The quantitative estimate of drug-likeness (QED) is 0.296. The van der Waals surface area contributed by atoms with Crippen molar-refractivity contribution in [2.75, 3.05) is 18.9 Å². The van der Waals surface area contributed by atoms with Crippen LogP contribution in [-0.4, -0.2) is 50.7 Å². The average molecular weight is 464 g/mol. The van der Waals surface area contributed by atoms with Crippen LogP contribution in [-0.2, 0) is 16.1 Å². The first-order valence-electron chi connectivity index (χ1n) is 10.7. The molecule has 0 saturated carbocycles. The number of hydrogen-bond donors (Lipinski definition) is 1. The van der Waals surface area contributed by atoms with Crippen LogP contribution in [0.15, 0.2) is 47.9 Å². The monoisotopic (exact) mass is 463 g/mol. The maximum absolute atomic E-state index is 11.3. The van der Waals surface area contributed by atoms with Crippen molar-refractivity contribution in [3.63, 3.8) is 0 Å². The van der Waals surface area contributed by atoms with Gasteiger partial charge < -0.3 is 14.8 Å². The second-order valence-electron chi connectivity index (χ2n) is 7.41. The minimum atomic E-state index is -0.00802. The first-order chi connectivity index (χ1) is 16.1. The minimum Gasteiger partial charge on any atom is -0.486 e. The van der Waals surface area contributed by atoms with Crippen LogP contribution in [0.1, 0.15) is 30.3 Å². The molecular formula is C24H25N5O3S. The minimum absolute atomic E-state index is 0.00802. The number of carbonyl (C=O) groups is 1. The van der Waals surface area contributed by atoms with Crippen LogP contribution >= 0.6 is 11.8 Å². The number of aryl methyl sites for hydroxylation is 1. The molecule has 1 aliphatic heterocycles. The van der Waals surface area contributed by atoms with Crippen molar-refractivity contribution in [3.8, 4) is 23.3 Å². The smallest absolute Gasteiger partial charge is 0.220 e. The summed E-state index contributed by atoms with van der Waals surface area (Å²) in [6, 6.07) is 9.60. The molecule has 0 aliphatic carbocycles. The van der Waals surface area contributed by atoms with Crippen LogP contribution in [0.5, 0.6) is 5.75 Å². The van der Waals surface area contributed by atoms with Crippen molar-refractivity contribution < 1.29 is 14.3 Å². The molecule has 0 bridgehead atoms. The summed E-state index contributed by atoms with van der Waals surface area (Å²) in [4.78, 5) is 15.5. The molecule has 1 N–H and O–H groups in total. The zero-order valence-electron chi connectivity index (χ0n) is 18.6. The number of amides is 1. The summed E-state index contributed by atoms with van der Waals surface area (Å²) < 4.78 is 13.3. The topological polar surface area (TPSA) is 94.5 Å². The van der Waals surface area contributed by atoms with E-state index in [4.69, 9.17) is 9.47 Å². The van der Waals surface area contributed by atoms with Gasteiger partial charge in [-0.1, -0.05) is 30.5 Å². The number of benzene rings is 1. The normalized spacial score (nSPS) is 14.3. The Morgan fingerprint density at radius 2 is 2.24 bits per heavy atom. The summed E-state index contributed by atoms with van der Waals surface area (Å²) in [6.07, 6.45) is 4.27. The molecule has 8 nitrogen and oxygen atoms in total. The summed E-state index contributed by atoms with van der Waals surface area (Å²) in [5.74, 6) is 8.30. The van der Waals surface area contributed by atoms with E-state index in [-0.39, 0.29) is 12.5 Å². The summed E-state index contributed by atoms with van der Waals surface area (Å²) in [6.45, 7) is 5.19. The maximum atomic E-state index is 11.3. The van der Waals surface area contributed by atoms with E-state index in [1.807, 2.05) is 48.7 Å². The number of carbonyl (C=O) groups excluding carboxylic acids is 1. The molecular weight excluding hydrogens is 438 g/mol. The molecule has 2 aromatic heterocycles. The number of hydrogen-bond acceptors (Lipinski definition) is 7. The fourth-order valence-corrected chi connectivity index (χ4v) is 3.95. The van der Waals surface area contributed by atoms with Crippen LogP contribution in [0, 0.1) is 18.8 Å². The average Bonchev–Trinajstić information content (AvgIpc) is 3.58. The number of nitrogens with zero attached hydrogens (tertiary/aromatic N) is 4. The molecule has 3 heterocycles. The molecule has 1 saturated heterocycles. The summed E-state index contributed by atoms with van der Waals surface area (Å²) in [7, 11) is 0. The van der Waals surface area contributed by atoms with E-state index >= 15 is 0 Å². The zero-order chi connectivity index (χ0) is 23.0. The van der Waals surface area contributed by atoms with E-state index in [2.05, 4.69) is 32.3 Å². The lowest BCUT2D eigenvalue weighted by molar-refractivity contribution is -0.120. The lowest BCUT2D eigenvalue weighted by Crippen LogP contribution is -2.22. The van der Waals surface area contributed by atoms with Crippen molar-refractivity contribution in [2.24, 2.45) is 0 Å². The third-order valence-corrected chi connectivity index (χ3v) is 5.95. The van der Waals surface area contributed by atoms with E-state index in [0.717, 1.165) is 40.1 Å². The molecule has 1 aliphatic rings. The van der Waals surface area contributed by atoms with E-state index in [9.17, 15) is 4.79 Å². The molecule has 0 spiro atoms. The molecule has 1 amide bonds. The summed E-state index contributed by atoms with van der Waals surface area (Å²) in [5, 5.41) is 12.3. The first kappa shape index (κ1) is 22.8. The van der Waals surface area contributed by atoms with Gasteiger partial charge in [-0.05, 0) is 42.8 Å². The Morgan fingerprint density at radius 3 is 2.97 bits per heavy atom. The van der Waals surface area contributed by atoms with Crippen LogP contribution in [0.25, 0.3) is 5.69 Å².